The van der Waals surface area contributed by atoms with Crippen LogP contribution in [0, 0.1) is 6.92 Å². The fraction of sp³-hybridized carbons (Fsp3) is 0.265. The van der Waals surface area contributed by atoms with Crippen molar-refractivity contribution in [3.63, 3.8) is 0 Å². The number of aromatic nitrogens is 5. The predicted molar refractivity (Wildman–Crippen MR) is 176 cm³/mol. The lowest BCUT2D eigenvalue weighted by Crippen LogP contribution is -2.29. The molecule has 4 heterocycles. The van der Waals surface area contributed by atoms with Gasteiger partial charge in [-0.05, 0) is 88.2 Å². The quantitative estimate of drug-likeness (QED) is 0.165. The molecule has 0 saturated heterocycles. The summed E-state index contributed by atoms with van der Waals surface area (Å²) in [5.74, 6) is -0.429. The van der Waals surface area contributed by atoms with Crippen molar-refractivity contribution in [1.29, 1.82) is 0 Å². The van der Waals surface area contributed by atoms with Gasteiger partial charge in [0.25, 0.3) is 0 Å². The average molecular weight is 626 g/mol. The molecule has 0 bridgehead atoms. The number of benzene rings is 2. The van der Waals surface area contributed by atoms with E-state index in [1.54, 1.807) is 35.3 Å². The molecule has 0 aliphatic carbocycles. The van der Waals surface area contributed by atoms with Gasteiger partial charge in [-0.1, -0.05) is 23.7 Å². The van der Waals surface area contributed by atoms with E-state index in [0.717, 1.165) is 65.5 Å². The lowest BCUT2D eigenvalue weighted by molar-refractivity contribution is -0.166. The predicted octanol–water partition coefficient (Wildman–Crippen LogP) is 8.36. The standard InChI is InChI=1S/C34H32ClN5O3S/c1-7-42-33(41)30(43-34(3,4)5)28-19(2)16-25-31(29(28)20-8-10-22(35)11-9-20)44-32(39-25)21-14-15-36-24(17-21)23-12-13-27-26(38-23)18-37-40(27)6/h8-18,30H,7H2,1-6H3/t30-/m0/s1. The van der Waals surface area contributed by atoms with Crippen LogP contribution in [0.15, 0.2) is 67.0 Å². The number of carbonyl (C=O) groups excluding carboxylic acids is 1. The van der Waals surface area contributed by atoms with Crippen molar-refractivity contribution in [2.45, 2.75) is 46.3 Å². The van der Waals surface area contributed by atoms with E-state index in [2.05, 4.69) is 10.1 Å². The first-order valence-electron chi connectivity index (χ1n) is 14.3. The van der Waals surface area contributed by atoms with Crippen molar-refractivity contribution in [1.82, 2.24) is 24.7 Å². The molecule has 6 aromatic rings. The van der Waals surface area contributed by atoms with Gasteiger partial charge in [0.2, 0.25) is 0 Å². The van der Waals surface area contributed by atoms with Gasteiger partial charge >= 0.3 is 5.97 Å². The van der Waals surface area contributed by atoms with Crippen LogP contribution in [0.5, 0.6) is 0 Å². The van der Waals surface area contributed by atoms with Crippen molar-refractivity contribution in [2.75, 3.05) is 6.61 Å². The van der Waals surface area contributed by atoms with E-state index in [9.17, 15) is 4.79 Å². The van der Waals surface area contributed by atoms with Crippen LogP contribution in [0.25, 0.3) is 54.3 Å². The number of carbonyl (C=O) groups is 1. The molecule has 8 nitrogen and oxygen atoms in total. The molecule has 44 heavy (non-hydrogen) atoms. The topological polar surface area (TPSA) is 92.0 Å². The number of rotatable bonds is 7. The van der Waals surface area contributed by atoms with Crippen molar-refractivity contribution >= 4 is 50.2 Å². The van der Waals surface area contributed by atoms with Gasteiger partial charge in [-0.2, -0.15) is 5.10 Å². The molecule has 0 N–H and O–H groups in total. The molecule has 0 fully saturated rings. The SMILES string of the molecule is CCOC(=O)[C@@H](OC(C)(C)C)c1c(C)cc2nc(-c3ccnc(-c4ccc5c(cnn5C)n4)c3)sc2c1-c1ccc(Cl)cc1. The lowest BCUT2D eigenvalue weighted by atomic mass is 9.91. The van der Waals surface area contributed by atoms with Crippen LogP contribution < -0.4 is 0 Å². The molecule has 1 atom stereocenters. The lowest BCUT2D eigenvalue weighted by Gasteiger charge is -2.29. The van der Waals surface area contributed by atoms with Gasteiger partial charge < -0.3 is 9.47 Å². The van der Waals surface area contributed by atoms with Crippen LogP contribution in [0.2, 0.25) is 5.02 Å². The Labute approximate surface area is 264 Å². The van der Waals surface area contributed by atoms with Crippen LogP contribution in [0.4, 0.5) is 0 Å². The van der Waals surface area contributed by atoms with Crippen LogP contribution in [-0.2, 0) is 21.3 Å². The maximum absolute atomic E-state index is 13.4. The van der Waals surface area contributed by atoms with Crippen LogP contribution in [-0.4, -0.2) is 42.9 Å². The molecule has 224 valence electrons. The Hall–Kier alpha value is -4.18. The molecule has 0 unspecified atom stereocenters. The zero-order valence-electron chi connectivity index (χ0n) is 25.4. The average Bonchev–Trinajstić information content (AvgIpc) is 3.58. The van der Waals surface area contributed by atoms with E-state index in [4.69, 9.17) is 31.0 Å². The third kappa shape index (κ3) is 5.83. The Morgan fingerprint density at radius 3 is 2.50 bits per heavy atom. The zero-order chi connectivity index (χ0) is 31.2. The summed E-state index contributed by atoms with van der Waals surface area (Å²) in [6.45, 7) is 9.82. The normalized spacial score (nSPS) is 12.6. The van der Waals surface area contributed by atoms with E-state index in [-0.39, 0.29) is 6.61 Å². The minimum atomic E-state index is -0.934. The van der Waals surface area contributed by atoms with Gasteiger partial charge in [0.05, 0.1) is 45.5 Å². The first-order valence-corrected chi connectivity index (χ1v) is 15.5. The number of nitrogens with zero attached hydrogens (tertiary/aromatic N) is 5. The number of fused-ring (bicyclic) bond motifs is 2. The summed E-state index contributed by atoms with van der Waals surface area (Å²) in [4.78, 5) is 27.9. The van der Waals surface area contributed by atoms with Gasteiger partial charge in [-0.3, -0.25) is 9.67 Å². The maximum Gasteiger partial charge on any atom is 0.339 e. The van der Waals surface area contributed by atoms with Gasteiger partial charge in [0, 0.05) is 35.0 Å². The molecule has 0 aliphatic heterocycles. The van der Waals surface area contributed by atoms with E-state index >= 15 is 0 Å². The third-order valence-corrected chi connectivity index (χ3v) is 8.56. The molecule has 4 aromatic heterocycles. The smallest absolute Gasteiger partial charge is 0.339 e. The van der Waals surface area contributed by atoms with E-state index in [0.29, 0.717) is 5.02 Å². The van der Waals surface area contributed by atoms with Gasteiger partial charge in [0.15, 0.2) is 6.10 Å². The van der Waals surface area contributed by atoms with Crippen LogP contribution in [0.1, 0.15) is 44.9 Å². The van der Waals surface area contributed by atoms with E-state index in [1.165, 1.54) is 0 Å². The molecule has 0 amide bonds. The highest BCUT2D eigenvalue weighted by atomic mass is 35.5. The molecular formula is C34H32ClN5O3S. The number of aryl methyl sites for hydroxylation is 2. The minimum Gasteiger partial charge on any atom is -0.464 e. The number of hydrogen-bond acceptors (Lipinski definition) is 8. The second-order valence-electron chi connectivity index (χ2n) is 11.5. The number of esters is 1. The summed E-state index contributed by atoms with van der Waals surface area (Å²) < 4.78 is 14.7. The van der Waals surface area contributed by atoms with Crippen molar-refractivity contribution < 1.29 is 14.3 Å². The maximum atomic E-state index is 13.4. The minimum absolute atomic E-state index is 0.248. The molecule has 2 aromatic carbocycles. The summed E-state index contributed by atoms with van der Waals surface area (Å²) in [5.41, 5.74) is 7.81. The summed E-state index contributed by atoms with van der Waals surface area (Å²) in [6.07, 6.45) is 2.59. The Morgan fingerprint density at radius 2 is 1.77 bits per heavy atom. The first kappa shape index (κ1) is 29.9. The number of ether oxygens (including phenoxy) is 2. The highest BCUT2D eigenvalue weighted by Gasteiger charge is 2.33. The molecule has 0 saturated carbocycles. The molecular weight excluding hydrogens is 594 g/mol. The van der Waals surface area contributed by atoms with E-state index in [1.807, 2.05) is 89.3 Å². The number of pyridine rings is 2. The molecule has 0 aliphatic rings. The highest BCUT2D eigenvalue weighted by Crippen LogP contribution is 2.44. The summed E-state index contributed by atoms with van der Waals surface area (Å²) in [6, 6.07) is 17.5. The highest BCUT2D eigenvalue weighted by molar-refractivity contribution is 7.22. The zero-order valence-corrected chi connectivity index (χ0v) is 27.0. The summed E-state index contributed by atoms with van der Waals surface area (Å²) >= 11 is 7.84. The Balaban J connectivity index is 1.53. The summed E-state index contributed by atoms with van der Waals surface area (Å²) in [7, 11) is 1.89. The van der Waals surface area contributed by atoms with Crippen molar-refractivity contribution in [3.05, 3.63) is 83.1 Å². The Morgan fingerprint density at radius 1 is 1.00 bits per heavy atom. The number of hydrogen-bond donors (Lipinski definition) is 0. The third-order valence-electron chi connectivity index (χ3n) is 7.17. The van der Waals surface area contributed by atoms with Gasteiger partial charge in [0.1, 0.15) is 10.5 Å². The van der Waals surface area contributed by atoms with Crippen molar-refractivity contribution in [2.24, 2.45) is 7.05 Å². The number of thiazole rings is 1. The van der Waals surface area contributed by atoms with Gasteiger partial charge in [-0.25, -0.2) is 14.8 Å². The Kier molecular flexibility index (Phi) is 7.96. The number of halogens is 1. The van der Waals surface area contributed by atoms with E-state index < -0.39 is 17.7 Å². The van der Waals surface area contributed by atoms with Crippen LogP contribution >= 0.6 is 22.9 Å². The fourth-order valence-electron chi connectivity index (χ4n) is 5.26. The second kappa shape index (κ2) is 11.7. The second-order valence-corrected chi connectivity index (χ2v) is 13.0. The molecule has 6 rings (SSSR count). The fourth-order valence-corrected chi connectivity index (χ4v) is 6.51. The largest absolute Gasteiger partial charge is 0.464 e. The first-order chi connectivity index (χ1) is 21.0. The van der Waals surface area contributed by atoms with Crippen LogP contribution in [0.3, 0.4) is 0 Å². The van der Waals surface area contributed by atoms with Crippen molar-refractivity contribution in [3.8, 4) is 33.1 Å². The molecule has 0 spiro atoms. The molecule has 10 heteroatoms. The Bertz CT molecular complexity index is 2010. The monoisotopic (exact) mass is 625 g/mol. The summed E-state index contributed by atoms with van der Waals surface area (Å²) in [5, 5.41) is 5.75. The molecule has 0 radical (unpaired) electrons. The van der Waals surface area contributed by atoms with Gasteiger partial charge in [-0.15, -0.1) is 11.3 Å².